The summed E-state index contributed by atoms with van der Waals surface area (Å²) in [6.45, 7) is 3.84. The highest BCUT2D eigenvalue weighted by Crippen LogP contribution is 2.44. The van der Waals surface area contributed by atoms with Crippen LogP contribution >= 0.6 is 22.7 Å². The normalized spacial score (nSPS) is 15.9. The molecule has 1 N–H and O–H groups in total. The van der Waals surface area contributed by atoms with Crippen LogP contribution in [-0.2, 0) is 31.9 Å². The topological polar surface area (TPSA) is 156 Å². The second-order valence-electron chi connectivity index (χ2n) is 9.31. The zero-order valence-electron chi connectivity index (χ0n) is 22.3. The Morgan fingerprint density at radius 1 is 0.786 bits per heavy atom. The minimum atomic E-state index is -1.46. The molecule has 0 saturated carbocycles. The fourth-order valence-corrected chi connectivity index (χ4v) is 6.70. The Balaban J connectivity index is 1.36. The number of hydrogen-bond acceptors (Lipinski definition) is 12. The number of amides is 3. The molecule has 6 rings (SSSR count). The molecule has 2 aliphatic rings. The van der Waals surface area contributed by atoms with Crippen LogP contribution in [0, 0.1) is 0 Å². The van der Waals surface area contributed by atoms with Crippen molar-refractivity contribution in [3.63, 3.8) is 0 Å². The van der Waals surface area contributed by atoms with Crippen molar-refractivity contribution >= 4 is 73.4 Å². The second kappa shape index (κ2) is 10.7. The number of imide groups is 1. The highest BCUT2D eigenvalue weighted by molar-refractivity contribution is 7.14. The lowest BCUT2D eigenvalue weighted by molar-refractivity contribution is -0.143. The van der Waals surface area contributed by atoms with Gasteiger partial charge in [-0.3, -0.25) is 28.9 Å². The van der Waals surface area contributed by atoms with Crippen LogP contribution in [0.1, 0.15) is 68.1 Å². The van der Waals surface area contributed by atoms with E-state index in [-0.39, 0.29) is 58.4 Å². The Kier molecular flexibility index (Phi) is 7.04. The van der Waals surface area contributed by atoms with Gasteiger partial charge < -0.3 is 14.6 Å². The van der Waals surface area contributed by atoms with Crippen molar-refractivity contribution in [2.24, 2.45) is 0 Å². The third-order valence-corrected chi connectivity index (χ3v) is 8.53. The zero-order chi connectivity index (χ0) is 29.7. The number of thiazole rings is 2. The maximum atomic E-state index is 13.7. The number of nitrogens with zero attached hydrogens (tertiary/aromatic N) is 4. The number of anilines is 2. The fourth-order valence-electron chi connectivity index (χ4n) is 5.04. The predicted octanol–water partition coefficient (Wildman–Crippen LogP) is 3.42. The molecule has 2 aromatic heterocycles. The van der Waals surface area contributed by atoms with Gasteiger partial charge >= 0.3 is 11.9 Å². The summed E-state index contributed by atoms with van der Waals surface area (Å²) < 4.78 is 9.91. The maximum Gasteiger partial charge on any atom is 0.311 e. The van der Waals surface area contributed by atoms with Gasteiger partial charge in [0.25, 0.3) is 17.7 Å². The molecule has 0 fully saturated rings. The average Bonchev–Trinajstić information content (AvgIpc) is 3.60. The van der Waals surface area contributed by atoms with Gasteiger partial charge in [0.1, 0.15) is 0 Å². The summed E-state index contributed by atoms with van der Waals surface area (Å²) in [6, 6.07) is 6.01. The van der Waals surface area contributed by atoms with Gasteiger partial charge in [-0.05, 0) is 32.0 Å². The lowest BCUT2D eigenvalue weighted by Gasteiger charge is -2.34. The Morgan fingerprint density at radius 2 is 1.29 bits per heavy atom. The van der Waals surface area contributed by atoms with Gasteiger partial charge in [0.15, 0.2) is 16.5 Å². The smallest absolute Gasteiger partial charge is 0.311 e. The van der Waals surface area contributed by atoms with E-state index in [4.69, 9.17) is 9.47 Å². The summed E-state index contributed by atoms with van der Waals surface area (Å²) >= 11 is 2.14. The first kappa shape index (κ1) is 27.6. The molecule has 14 heteroatoms. The molecule has 0 aliphatic carbocycles. The van der Waals surface area contributed by atoms with Crippen LogP contribution in [-0.4, -0.2) is 57.9 Å². The summed E-state index contributed by atoms with van der Waals surface area (Å²) in [7, 11) is 0. The van der Waals surface area contributed by atoms with Gasteiger partial charge in [-0.15, -0.1) is 22.7 Å². The molecule has 1 unspecified atom stereocenters. The predicted molar refractivity (Wildman–Crippen MR) is 152 cm³/mol. The number of aliphatic hydroxyl groups is 1. The first-order valence-electron chi connectivity index (χ1n) is 12.9. The molecule has 214 valence electrons. The summed E-state index contributed by atoms with van der Waals surface area (Å²) in [5.41, 5.74) is 1.63. The molecule has 0 radical (unpaired) electrons. The van der Waals surface area contributed by atoms with Gasteiger partial charge in [0.2, 0.25) is 0 Å². The Labute approximate surface area is 246 Å². The number of rotatable bonds is 8. The number of hydrogen-bond donors (Lipinski definition) is 1. The van der Waals surface area contributed by atoms with E-state index in [0.29, 0.717) is 22.3 Å². The Hall–Kier alpha value is -4.53. The van der Waals surface area contributed by atoms with Crippen molar-refractivity contribution < 1.29 is 38.6 Å². The fraction of sp³-hybridized carbons (Fsp3) is 0.250. The van der Waals surface area contributed by atoms with Gasteiger partial charge in [-0.2, -0.15) is 0 Å². The molecular weight excluding hydrogens is 584 g/mol. The Bertz CT molecular complexity index is 1790. The SMILES string of the molecule is CCOC(=O)Cc1csc(N2C(=O)c3ccc4c5c(ccc(c35)C2=O)C(O)N(c2nc(CC(=O)OCC)cs2)C4=O)n1. The number of ether oxygens (including phenoxy) is 2. The van der Waals surface area contributed by atoms with E-state index in [1.807, 2.05) is 0 Å². The molecule has 0 bridgehead atoms. The molecule has 1 atom stereocenters. The number of aromatic nitrogens is 2. The van der Waals surface area contributed by atoms with Crippen molar-refractivity contribution in [3.8, 4) is 0 Å². The van der Waals surface area contributed by atoms with Crippen LogP contribution in [0.4, 0.5) is 10.3 Å². The average molecular weight is 607 g/mol. The first-order valence-corrected chi connectivity index (χ1v) is 14.7. The van der Waals surface area contributed by atoms with Crippen molar-refractivity contribution in [1.82, 2.24) is 9.97 Å². The minimum absolute atomic E-state index is 0.0779. The van der Waals surface area contributed by atoms with Crippen LogP contribution in [0.3, 0.4) is 0 Å². The molecule has 3 amide bonds. The molecule has 4 heterocycles. The van der Waals surface area contributed by atoms with Crippen molar-refractivity contribution in [2.75, 3.05) is 23.0 Å². The van der Waals surface area contributed by atoms with Crippen LogP contribution in [0.25, 0.3) is 10.8 Å². The van der Waals surface area contributed by atoms with Crippen LogP contribution < -0.4 is 9.80 Å². The quantitative estimate of drug-likeness (QED) is 0.233. The third-order valence-electron chi connectivity index (χ3n) is 6.77. The van der Waals surface area contributed by atoms with Crippen molar-refractivity contribution in [3.05, 3.63) is 68.7 Å². The molecule has 2 aliphatic heterocycles. The maximum absolute atomic E-state index is 13.7. The van der Waals surface area contributed by atoms with Crippen LogP contribution in [0.5, 0.6) is 0 Å². The first-order chi connectivity index (χ1) is 20.2. The number of carbonyl (C=O) groups is 5. The largest absolute Gasteiger partial charge is 0.466 e. The summed E-state index contributed by atoms with van der Waals surface area (Å²) in [4.78, 5) is 75.5. The van der Waals surface area contributed by atoms with Crippen LogP contribution in [0.2, 0.25) is 0 Å². The van der Waals surface area contributed by atoms with E-state index in [0.717, 1.165) is 32.5 Å². The molecule has 12 nitrogen and oxygen atoms in total. The van der Waals surface area contributed by atoms with Gasteiger partial charge in [-0.1, -0.05) is 6.07 Å². The van der Waals surface area contributed by atoms with Crippen molar-refractivity contribution in [1.29, 1.82) is 0 Å². The summed E-state index contributed by atoms with van der Waals surface area (Å²) in [5, 5.41) is 15.4. The molecule has 2 aromatic carbocycles. The minimum Gasteiger partial charge on any atom is -0.466 e. The number of aliphatic hydroxyl groups excluding tert-OH is 1. The second-order valence-corrected chi connectivity index (χ2v) is 11.0. The lowest BCUT2D eigenvalue weighted by atomic mass is 9.86. The molecular formula is C28H22N4O8S2. The standard InChI is InChI=1S/C28H22N4O8S2/c1-3-39-19(33)9-13-11-41-27(29-13)31-23(35)15-5-7-17-22-18(8-6-16(21(15)22)24(31)36)26(38)32(25(17)37)28-30-14(12-42-28)10-20(34)40-4-2/h5-8,11-12,23,35H,3-4,9-10H2,1-2H3. The van der Waals surface area contributed by atoms with Gasteiger partial charge in [0.05, 0.1) is 37.4 Å². The highest BCUT2D eigenvalue weighted by Gasteiger charge is 2.42. The lowest BCUT2D eigenvalue weighted by Crippen LogP contribution is -2.42. The molecule has 4 aromatic rings. The molecule has 0 spiro atoms. The summed E-state index contributed by atoms with van der Waals surface area (Å²) in [6.07, 6.45) is -1.63. The highest BCUT2D eigenvalue weighted by atomic mass is 32.1. The van der Waals surface area contributed by atoms with Gasteiger partial charge in [-0.25, -0.2) is 14.9 Å². The number of carbonyl (C=O) groups excluding carboxylic acids is 5. The van der Waals surface area contributed by atoms with E-state index >= 15 is 0 Å². The monoisotopic (exact) mass is 606 g/mol. The van der Waals surface area contributed by atoms with Crippen LogP contribution in [0.15, 0.2) is 35.0 Å². The summed E-state index contributed by atoms with van der Waals surface area (Å²) in [5.74, 6) is -2.77. The number of benzene rings is 2. The van der Waals surface area contributed by atoms with Gasteiger partial charge in [0, 0.05) is 43.8 Å². The van der Waals surface area contributed by atoms with Crippen molar-refractivity contribution in [2.45, 2.75) is 32.9 Å². The van der Waals surface area contributed by atoms with E-state index in [1.54, 1.807) is 30.7 Å². The zero-order valence-corrected chi connectivity index (χ0v) is 23.9. The third kappa shape index (κ3) is 4.44. The molecule has 0 saturated heterocycles. The Morgan fingerprint density at radius 3 is 1.86 bits per heavy atom. The van der Waals surface area contributed by atoms with E-state index in [1.165, 1.54) is 18.2 Å². The van der Waals surface area contributed by atoms with E-state index < -0.39 is 35.9 Å². The van der Waals surface area contributed by atoms with E-state index in [9.17, 15) is 29.1 Å². The number of esters is 2. The molecule has 42 heavy (non-hydrogen) atoms. The van der Waals surface area contributed by atoms with E-state index in [2.05, 4.69) is 9.97 Å².